The second-order valence-corrected chi connectivity index (χ2v) is 9.89. The molecule has 1 amide bonds. The molecule has 0 N–H and O–H groups in total. The number of furan rings is 1. The summed E-state index contributed by atoms with van der Waals surface area (Å²) in [5.41, 5.74) is 0.896. The Morgan fingerprint density at radius 3 is 2.47 bits per heavy atom. The number of hydrogen-bond acceptors (Lipinski definition) is 6. The molecule has 2 aromatic heterocycles. The summed E-state index contributed by atoms with van der Waals surface area (Å²) in [4.78, 5) is 19.0. The molecule has 3 aromatic rings. The van der Waals surface area contributed by atoms with E-state index in [9.17, 15) is 13.2 Å². The number of fused-ring (bicyclic) bond motifs is 1. The number of aromatic nitrogens is 1. The van der Waals surface area contributed by atoms with E-state index in [0.29, 0.717) is 31.9 Å². The molecular weight excluding hydrogens is 424 g/mol. The van der Waals surface area contributed by atoms with Crippen LogP contribution in [0.15, 0.2) is 40.8 Å². The second kappa shape index (κ2) is 8.46. The van der Waals surface area contributed by atoms with Crippen molar-refractivity contribution >= 4 is 37.7 Å². The number of carbonyl (C=O) groups excluding carboxylic acids is 1. The van der Waals surface area contributed by atoms with Crippen molar-refractivity contribution in [2.24, 2.45) is 0 Å². The third-order valence-electron chi connectivity index (χ3n) is 5.21. The van der Waals surface area contributed by atoms with Crippen LogP contribution in [-0.2, 0) is 10.2 Å². The summed E-state index contributed by atoms with van der Waals surface area (Å²) in [6, 6.07) is 11.2. The molecule has 1 aliphatic heterocycles. The first-order valence-electron chi connectivity index (χ1n) is 9.94. The van der Waals surface area contributed by atoms with Crippen LogP contribution in [0, 0.1) is 0 Å². The lowest BCUT2D eigenvalue weighted by atomic mass is 10.3. The van der Waals surface area contributed by atoms with Gasteiger partial charge in [0.05, 0.1) is 10.2 Å². The highest BCUT2D eigenvalue weighted by Gasteiger charge is 2.33. The molecule has 0 saturated carbocycles. The van der Waals surface area contributed by atoms with Crippen molar-refractivity contribution in [3.05, 3.63) is 42.2 Å². The van der Waals surface area contributed by atoms with Crippen LogP contribution in [0.2, 0.25) is 0 Å². The van der Waals surface area contributed by atoms with Gasteiger partial charge in [-0.2, -0.15) is 17.0 Å². The Balaban J connectivity index is 1.44. The molecule has 4 rings (SSSR count). The van der Waals surface area contributed by atoms with Crippen molar-refractivity contribution in [3.8, 4) is 10.8 Å². The van der Waals surface area contributed by atoms with Gasteiger partial charge in [0.2, 0.25) is 0 Å². The minimum Gasteiger partial charge on any atom is -0.448 e. The van der Waals surface area contributed by atoms with Gasteiger partial charge in [0, 0.05) is 39.3 Å². The van der Waals surface area contributed by atoms with Crippen LogP contribution in [0.3, 0.4) is 0 Å². The highest BCUT2D eigenvalue weighted by Crippen LogP contribution is 2.31. The minimum absolute atomic E-state index is 0.234. The highest BCUT2D eigenvalue weighted by molar-refractivity contribution is 7.86. The monoisotopic (exact) mass is 448 g/mol. The summed E-state index contributed by atoms with van der Waals surface area (Å²) in [5, 5.41) is 0.727. The van der Waals surface area contributed by atoms with Gasteiger partial charge in [0.25, 0.3) is 16.1 Å². The second-order valence-electron chi connectivity index (χ2n) is 6.93. The first-order chi connectivity index (χ1) is 14.4. The Hall–Kier alpha value is -2.27. The Bertz CT molecular complexity index is 1110. The van der Waals surface area contributed by atoms with Crippen LogP contribution in [-0.4, -0.2) is 72.1 Å². The number of benzene rings is 1. The van der Waals surface area contributed by atoms with E-state index in [0.717, 1.165) is 15.2 Å². The van der Waals surface area contributed by atoms with E-state index in [1.54, 1.807) is 17.0 Å². The average molecular weight is 449 g/mol. The maximum Gasteiger partial charge on any atom is 0.289 e. The van der Waals surface area contributed by atoms with Crippen molar-refractivity contribution < 1.29 is 17.6 Å². The molecule has 1 aliphatic rings. The Labute approximate surface area is 179 Å². The Morgan fingerprint density at radius 2 is 1.80 bits per heavy atom. The fraction of sp³-hybridized carbons (Fsp3) is 0.400. The maximum atomic E-state index is 12.9. The van der Waals surface area contributed by atoms with Gasteiger partial charge in [-0.1, -0.05) is 26.0 Å². The van der Waals surface area contributed by atoms with Crippen molar-refractivity contribution in [1.29, 1.82) is 0 Å². The summed E-state index contributed by atoms with van der Waals surface area (Å²) < 4.78 is 35.0. The standard InChI is InChI=1S/C20H24N4O4S2/c1-3-23(4-2)30(26,27)24-13-11-22(12-14-24)20(25)17-10-9-16(28-17)19-21-15-7-5-6-8-18(15)29-19/h5-10H,3-4,11-14H2,1-2H3. The molecule has 1 aromatic carbocycles. The Kier molecular flexibility index (Phi) is 5.92. The van der Waals surface area contributed by atoms with Gasteiger partial charge in [0.15, 0.2) is 16.5 Å². The zero-order valence-electron chi connectivity index (χ0n) is 16.9. The molecule has 0 bridgehead atoms. The van der Waals surface area contributed by atoms with E-state index in [4.69, 9.17) is 4.42 Å². The number of carbonyl (C=O) groups is 1. The zero-order valence-corrected chi connectivity index (χ0v) is 18.6. The van der Waals surface area contributed by atoms with Gasteiger partial charge in [-0.05, 0) is 24.3 Å². The zero-order chi connectivity index (χ0) is 21.3. The Morgan fingerprint density at radius 1 is 1.10 bits per heavy atom. The lowest BCUT2D eigenvalue weighted by Crippen LogP contribution is -2.54. The fourth-order valence-electron chi connectivity index (χ4n) is 3.54. The number of hydrogen-bond donors (Lipinski definition) is 0. The average Bonchev–Trinajstić information content (AvgIpc) is 3.41. The van der Waals surface area contributed by atoms with Crippen molar-refractivity contribution in [1.82, 2.24) is 18.5 Å². The van der Waals surface area contributed by atoms with E-state index in [2.05, 4.69) is 4.98 Å². The summed E-state index contributed by atoms with van der Waals surface area (Å²) in [6.07, 6.45) is 0. The van der Waals surface area contributed by atoms with E-state index < -0.39 is 10.2 Å². The molecule has 3 heterocycles. The topological polar surface area (TPSA) is 87.0 Å². The smallest absolute Gasteiger partial charge is 0.289 e. The number of rotatable bonds is 6. The third-order valence-corrected chi connectivity index (χ3v) is 8.44. The first-order valence-corrected chi connectivity index (χ1v) is 12.2. The summed E-state index contributed by atoms with van der Waals surface area (Å²) in [5.74, 6) is 0.564. The quantitative estimate of drug-likeness (QED) is 0.579. The highest BCUT2D eigenvalue weighted by atomic mass is 32.2. The van der Waals surface area contributed by atoms with Crippen LogP contribution in [0.5, 0.6) is 0 Å². The number of amides is 1. The summed E-state index contributed by atoms with van der Waals surface area (Å²) in [6.45, 7) is 5.71. The van der Waals surface area contributed by atoms with E-state index >= 15 is 0 Å². The molecule has 30 heavy (non-hydrogen) atoms. The van der Waals surface area contributed by atoms with Crippen molar-refractivity contribution in [2.75, 3.05) is 39.3 Å². The van der Waals surface area contributed by atoms with E-state index in [1.165, 1.54) is 19.9 Å². The predicted molar refractivity (Wildman–Crippen MR) is 117 cm³/mol. The molecule has 0 atom stereocenters. The lowest BCUT2D eigenvalue weighted by molar-refractivity contribution is 0.0663. The van der Waals surface area contributed by atoms with Gasteiger partial charge in [-0.15, -0.1) is 11.3 Å². The van der Waals surface area contributed by atoms with Gasteiger partial charge in [0.1, 0.15) is 0 Å². The molecule has 8 nitrogen and oxygen atoms in total. The summed E-state index contributed by atoms with van der Waals surface area (Å²) >= 11 is 1.51. The van der Waals surface area contributed by atoms with Gasteiger partial charge >= 0.3 is 0 Å². The number of piperazine rings is 1. The first kappa shape index (κ1) is 21.0. The molecule has 1 fully saturated rings. The number of thiazole rings is 1. The van der Waals surface area contributed by atoms with Crippen LogP contribution >= 0.6 is 11.3 Å². The van der Waals surface area contributed by atoms with Crippen LogP contribution in [0.25, 0.3) is 21.0 Å². The third kappa shape index (κ3) is 3.87. The predicted octanol–water partition coefficient (Wildman–Crippen LogP) is 2.90. The largest absolute Gasteiger partial charge is 0.448 e. The van der Waals surface area contributed by atoms with Crippen LogP contribution in [0.1, 0.15) is 24.4 Å². The number of para-hydroxylation sites is 1. The lowest BCUT2D eigenvalue weighted by Gasteiger charge is -2.35. The van der Waals surface area contributed by atoms with Crippen molar-refractivity contribution in [3.63, 3.8) is 0 Å². The van der Waals surface area contributed by atoms with E-state index in [-0.39, 0.29) is 24.8 Å². The molecule has 0 aliphatic carbocycles. The van der Waals surface area contributed by atoms with Gasteiger partial charge in [-0.25, -0.2) is 4.98 Å². The number of nitrogens with zero attached hydrogens (tertiary/aromatic N) is 4. The molecule has 0 unspecified atom stereocenters. The van der Waals surface area contributed by atoms with Gasteiger partial charge < -0.3 is 9.32 Å². The van der Waals surface area contributed by atoms with E-state index in [1.807, 2.05) is 38.1 Å². The minimum atomic E-state index is -3.48. The van der Waals surface area contributed by atoms with Crippen molar-refractivity contribution in [2.45, 2.75) is 13.8 Å². The SMILES string of the molecule is CCN(CC)S(=O)(=O)N1CCN(C(=O)c2ccc(-c3nc4ccccc4s3)o2)CC1. The molecule has 0 radical (unpaired) electrons. The van der Waals surface area contributed by atoms with Gasteiger partial charge in [-0.3, -0.25) is 4.79 Å². The normalized spacial score (nSPS) is 15.9. The van der Waals surface area contributed by atoms with Crippen LogP contribution in [0.4, 0.5) is 0 Å². The molecule has 1 saturated heterocycles. The summed E-state index contributed by atoms with van der Waals surface area (Å²) in [7, 11) is -3.48. The molecule has 160 valence electrons. The molecular formula is C20H24N4O4S2. The maximum absolute atomic E-state index is 12.9. The van der Waals surface area contributed by atoms with Crippen LogP contribution < -0.4 is 0 Å². The fourth-order valence-corrected chi connectivity index (χ4v) is 6.07. The molecule has 10 heteroatoms. The molecule has 0 spiro atoms.